The van der Waals surface area contributed by atoms with E-state index in [1.54, 1.807) is 0 Å². The molecule has 0 aliphatic heterocycles. The van der Waals surface area contributed by atoms with Gasteiger partial charge in [0, 0.05) is 5.54 Å². The smallest absolute Gasteiger partial charge is 0.237 e. The van der Waals surface area contributed by atoms with Crippen molar-refractivity contribution in [2.75, 3.05) is 0 Å². The molecule has 1 amide bonds. The molecule has 1 atom stereocenters. The number of rotatable bonds is 2. The van der Waals surface area contributed by atoms with E-state index in [-0.39, 0.29) is 17.5 Å². The lowest BCUT2D eigenvalue weighted by Crippen LogP contribution is -2.58. The molecule has 3 heteroatoms. The summed E-state index contributed by atoms with van der Waals surface area (Å²) in [6.07, 6.45) is 6.76. The van der Waals surface area contributed by atoms with Crippen LogP contribution in [-0.2, 0) is 4.79 Å². The van der Waals surface area contributed by atoms with E-state index in [9.17, 15) is 4.79 Å². The summed E-state index contributed by atoms with van der Waals surface area (Å²) in [5, 5.41) is 3.06. The lowest BCUT2D eigenvalue weighted by atomic mass is 9.50. The van der Waals surface area contributed by atoms with Crippen LogP contribution in [0.5, 0.6) is 0 Å². The maximum Gasteiger partial charge on any atom is 0.237 e. The Morgan fingerprint density at radius 3 is 1.95 bits per heavy atom. The topological polar surface area (TPSA) is 55.1 Å². The van der Waals surface area contributed by atoms with Crippen molar-refractivity contribution in [2.24, 2.45) is 35.3 Å². The highest BCUT2D eigenvalue weighted by Gasteiger charge is 2.51. The molecule has 3 N–H and O–H groups in total. The predicted molar refractivity (Wildman–Crippen MR) is 76.4 cm³/mol. The average molecular weight is 264 g/mol. The number of carbonyl (C=O) groups is 1. The van der Waals surface area contributed by atoms with Gasteiger partial charge in [0.25, 0.3) is 0 Å². The van der Waals surface area contributed by atoms with Gasteiger partial charge < -0.3 is 11.1 Å². The zero-order valence-corrected chi connectivity index (χ0v) is 12.5. The van der Waals surface area contributed by atoms with E-state index in [1.807, 2.05) is 20.8 Å². The summed E-state index contributed by atoms with van der Waals surface area (Å²) in [4.78, 5) is 12.3. The van der Waals surface area contributed by atoms with Crippen molar-refractivity contribution in [3.63, 3.8) is 0 Å². The first-order valence-corrected chi connectivity index (χ1v) is 7.91. The largest absolute Gasteiger partial charge is 0.350 e. The fourth-order valence-corrected chi connectivity index (χ4v) is 5.18. The predicted octanol–water partition coefficient (Wildman–Crippen LogP) is 2.30. The van der Waals surface area contributed by atoms with E-state index in [2.05, 4.69) is 5.32 Å². The van der Waals surface area contributed by atoms with Crippen molar-refractivity contribution < 1.29 is 4.79 Å². The molecular weight excluding hydrogens is 236 g/mol. The van der Waals surface area contributed by atoms with E-state index >= 15 is 0 Å². The van der Waals surface area contributed by atoms with Gasteiger partial charge in [-0.05, 0) is 82.5 Å². The lowest BCUT2D eigenvalue weighted by Gasteiger charge is -2.55. The van der Waals surface area contributed by atoms with Crippen molar-refractivity contribution in [1.29, 1.82) is 0 Å². The Bertz CT molecular complexity index is 343. The van der Waals surface area contributed by atoms with Gasteiger partial charge in [-0.15, -0.1) is 0 Å². The summed E-state index contributed by atoms with van der Waals surface area (Å²) in [7, 11) is 0. The Morgan fingerprint density at radius 1 is 1.05 bits per heavy atom. The quantitative estimate of drug-likeness (QED) is 0.804. The van der Waals surface area contributed by atoms with E-state index in [0.717, 1.165) is 23.7 Å². The molecule has 0 heterocycles. The van der Waals surface area contributed by atoms with Crippen molar-refractivity contribution in [3.8, 4) is 0 Å². The number of carbonyl (C=O) groups excluding carboxylic acids is 1. The van der Waals surface area contributed by atoms with Crippen LogP contribution in [0.2, 0.25) is 0 Å². The second-order valence-corrected chi connectivity index (χ2v) is 8.27. The van der Waals surface area contributed by atoms with Crippen molar-refractivity contribution in [2.45, 2.75) is 64.5 Å². The SMILES string of the molecule is CC(C)(C)NC(=O)C(N)C1C2CC3CC(C2)CC1C3. The second kappa shape index (κ2) is 4.47. The molecule has 4 aliphatic carbocycles. The van der Waals surface area contributed by atoms with Crippen LogP contribution in [0.4, 0.5) is 0 Å². The highest BCUT2D eigenvalue weighted by Crippen LogP contribution is 2.57. The first-order valence-electron chi connectivity index (χ1n) is 7.91. The van der Waals surface area contributed by atoms with Crippen molar-refractivity contribution in [3.05, 3.63) is 0 Å². The molecule has 3 nitrogen and oxygen atoms in total. The Labute approximate surface area is 116 Å². The number of hydrogen-bond donors (Lipinski definition) is 2. The standard InChI is InChI=1S/C16H28N2O/c1-16(2,3)18-15(19)14(17)13-11-5-9-4-10(7-11)8-12(13)6-9/h9-14H,4-8,17H2,1-3H3,(H,18,19). The molecule has 0 aromatic carbocycles. The molecule has 0 aromatic rings. The van der Waals surface area contributed by atoms with Crippen molar-refractivity contribution >= 4 is 5.91 Å². The van der Waals surface area contributed by atoms with Crippen LogP contribution in [0, 0.1) is 29.6 Å². The molecule has 0 radical (unpaired) electrons. The molecule has 19 heavy (non-hydrogen) atoms. The fourth-order valence-electron chi connectivity index (χ4n) is 5.18. The van der Waals surface area contributed by atoms with E-state index in [0.29, 0.717) is 5.92 Å². The van der Waals surface area contributed by atoms with Crippen LogP contribution in [-0.4, -0.2) is 17.5 Å². The monoisotopic (exact) mass is 264 g/mol. The molecule has 0 spiro atoms. The van der Waals surface area contributed by atoms with Gasteiger partial charge in [0.05, 0.1) is 6.04 Å². The fraction of sp³-hybridized carbons (Fsp3) is 0.938. The highest BCUT2D eigenvalue weighted by atomic mass is 16.2. The van der Waals surface area contributed by atoms with Crippen LogP contribution < -0.4 is 11.1 Å². The van der Waals surface area contributed by atoms with Gasteiger partial charge in [-0.25, -0.2) is 0 Å². The van der Waals surface area contributed by atoms with Gasteiger partial charge in [-0.3, -0.25) is 4.79 Å². The maximum atomic E-state index is 12.3. The molecule has 4 rings (SSSR count). The Morgan fingerprint density at radius 2 is 1.53 bits per heavy atom. The molecule has 4 aliphatic rings. The summed E-state index contributed by atoms with van der Waals surface area (Å²) >= 11 is 0. The van der Waals surface area contributed by atoms with Gasteiger partial charge in [0.2, 0.25) is 5.91 Å². The third-order valence-corrected chi connectivity index (χ3v) is 5.52. The molecule has 1 unspecified atom stereocenters. The van der Waals surface area contributed by atoms with Crippen molar-refractivity contribution in [1.82, 2.24) is 5.32 Å². The minimum atomic E-state index is -0.297. The first kappa shape index (κ1) is 13.4. The molecule has 0 aromatic heterocycles. The van der Waals surface area contributed by atoms with Gasteiger partial charge >= 0.3 is 0 Å². The maximum absolute atomic E-state index is 12.3. The Balaban J connectivity index is 1.70. The lowest BCUT2D eigenvalue weighted by molar-refractivity contribution is -0.130. The van der Waals surface area contributed by atoms with E-state index in [1.165, 1.54) is 32.1 Å². The third-order valence-electron chi connectivity index (χ3n) is 5.52. The summed E-state index contributed by atoms with van der Waals surface area (Å²) in [5.41, 5.74) is 6.16. The number of nitrogens with two attached hydrogens (primary N) is 1. The molecule has 4 saturated carbocycles. The van der Waals surface area contributed by atoms with Crippen LogP contribution in [0.3, 0.4) is 0 Å². The van der Waals surface area contributed by atoms with E-state index < -0.39 is 0 Å². The molecule has 4 fully saturated rings. The zero-order valence-electron chi connectivity index (χ0n) is 12.5. The summed E-state index contributed by atoms with van der Waals surface area (Å²) in [6.45, 7) is 6.07. The minimum absolute atomic E-state index is 0.0602. The summed E-state index contributed by atoms with van der Waals surface area (Å²) in [5.74, 6) is 3.82. The van der Waals surface area contributed by atoms with Gasteiger partial charge in [-0.2, -0.15) is 0 Å². The van der Waals surface area contributed by atoms with Crippen LogP contribution in [0.15, 0.2) is 0 Å². The van der Waals surface area contributed by atoms with E-state index in [4.69, 9.17) is 5.73 Å². The molecule has 4 bridgehead atoms. The summed E-state index contributed by atoms with van der Waals surface area (Å²) < 4.78 is 0. The van der Waals surface area contributed by atoms with Crippen LogP contribution in [0.25, 0.3) is 0 Å². The third kappa shape index (κ3) is 2.54. The number of amides is 1. The van der Waals surface area contributed by atoms with Gasteiger partial charge in [0.1, 0.15) is 0 Å². The van der Waals surface area contributed by atoms with Gasteiger partial charge in [0.15, 0.2) is 0 Å². The second-order valence-electron chi connectivity index (χ2n) is 8.27. The minimum Gasteiger partial charge on any atom is -0.350 e. The van der Waals surface area contributed by atoms with Gasteiger partial charge in [-0.1, -0.05) is 0 Å². The number of hydrogen-bond acceptors (Lipinski definition) is 2. The summed E-state index contributed by atoms with van der Waals surface area (Å²) in [6, 6.07) is -0.297. The normalized spacial score (nSPS) is 42.2. The highest BCUT2D eigenvalue weighted by molar-refractivity contribution is 5.82. The first-order chi connectivity index (χ1) is 8.83. The molecule has 0 saturated heterocycles. The molecule has 108 valence electrons. The average Bonchev–Trinajstić information content (AvgIpc) is 2.24. The van der Waals surface area contributed by atoms with Crippen LogP contribution >= 0.6 is 0 Å². The Hall–Kier alpha value is -0.570. The molecular formula is C16H28N2O. The Kier molecular flexibility index (Phi) is 3.16. The van der Waals surface area contributed by atoms with Crippen LogP contribution in [0.1, 0.15) is 52.9 Å². The zero-order chi connectivity index (χ0) is 13.8. The number of nitrogens with one attached hydrogen (secondary N) is 1.